The molecule has 4 atom stereocenters. The summed E-state index contributed by atoms with van der Waals surface area (Å²) in [6, 6.07) is 6.97. The molecule has 39 heavy (non-hydrogen) atoms. The maximum absolute atomic E-state index is 13.4. The Hall–Kier alpha value is -2.79. The first-order valence-corrected chi connectivity index (χ1v) is 14.7. The van der Waals surface area contributed by atoms with E-state index in [1.807, 2.05) is 24.3 Å². The van der Waals surface area contributed by atoms with Crippen LogP contribution in [0.1, 0.15) is 51.0 Å². The van der Waals surface area contributed by atoms with Crippen LogP contribution in [0.5, 0.6) is 0 Å². The molecule has 214 valence electrons. The smallest absolute Gasteiger partial charge is 0.306 e. The maximum atomic E-state index is 13.4. The van der Waals surface area contributed by atoms with Gasteiger partial charge in [0, 0.05) is 44.1 Å². The summed E-state index contributed by atoms with van der Waals surface area (Å²) in [5, 5.41) is 12.6. The number of hydrogen-bond acceptors (Lipinski definition) is 7. The van der Waals surface area contributed by atoms with Gasteiger partial charge in [0.05, 0.1) is 24.0 Å². The molecule has 2 heterocycles. The number of aliphatic carboxylic acids is 1. The summed E-state index contributed by atoms with van der Waals surface area (Å²) in [7, 11) is 1.55. The van der Waals surface area contributed by atoms with Crippen molar-refractivity contribution in [3.05, 3.63) is 29.8 Å². The number of carboxylic acids is 1. The molecule has 3 aliphatic rings. The molecule has 11 heteroatoms. The third kappa shape index (κ3) is 7.66. The quantitative estimate of drug-likeness (QED) is 0.248. The minimum Gasteiger partial charge on any atom is -0.481 e. The molecular formula is C28H40N4O6S. The van der Waals surface area contributed by atoms with Crippen molar-refractivity contribution >= 4 is 41.8 Å². The van der Waals surface area contributed by atoms with Gasteiger partial charge in [0.15, 0.2) is 0 Å². The number of carbonyl (C=O) groups excluding carboxylic acids is 3. The number of hydrogen-bond donors (Lipinski definition) is 3. The van der Waals surface area contributed by atoms with Gasteiger partial charge in [-0.15, -0.1) is 0 Å². The summed E-state index contributed by atoms with van der Waals surface area (Å²) in [6.07, 6.45) is 5.73. The molecule has 4 rings (SSSR count). The molecule has 1 aromatic rings. The molecule has 10 nitrogen and oxygen atoms in total. The van der Waals surface area contributed by atoms with Crippen molar-refractivity contribution in [2.45, 2.75) is 75.3 Å². The zero-order chi connectivity index (χ0) is 27.9. The maximum Gasteiger partial charge on any atom is 0.306 e. The van der Waals surface area contributed by atoms with E-state index in [9.17, 15) is 24.3 Å². The fourth-order valence-electron chi connectivity index (χ4n) is 5.52. The second kappa shape index (κ2) is 13.5. The second-order valence-electron chi connectivity index (χ2n) is 10.9. The van der Waals surface area contributed by atoms with Crippen molar-refractivity contribution in [1.82, 2.24) is 14.9 Å². The predicted octanol–water partition coefficient (Wildman–Crippen LogP) is 2.21. The van der Waals surface area contributed by atoms with Gasteiger partial charge in [0.1, 0.15) is 6.04 Å². The molecule has 2 aliphatic heterocycles. The summed E-state index contributed by atoms with van der Waals surface area (Å²) in [5.74, 6) is -2.09. The van der Waals surface area contributed by atoms with Gasteiger partial charge in [-0.25, -0.2) is 0 Å². The van der Waals surface area contributed by atoms with Crippen molar-refractivity contribution < 1.29 is 29.0 Å². The molecule has 3 fully saturated rings. The van der Waals surface area contributed by atoms with Crippen LogP contribution in [0.4, 0.5) is 5.69 Å². The number of nitrogens with one attached hydrogen (secondary N) is 2. The lowest BCUT2D eigenvalue weighted by Gasteiger charge is -2.32. The van der Waals surface area contributed by atoms with Gasteiger partial charge >= 0.3 is 5.97 Å². The number of rotatable bonds is 13. The van der Waals surface area contributed by atoms with Crippen molar-refractivity contribution in [2.24, 2.45) is 11.8 Å². The van der Waals surface area contributed by atoms with E-state index in [0.717, 1.165) is 43.3 Å². The van der Waals surface area contributed by atoms with Crippen LogP contribution in [-0.4, -0.2) is 84.4 Å². The van der Waals surface area contributed by atoms with Crippen LogP contribution >= 0.6 is 11.9 Å². The zero-order valence-corrected chi connectivity index (χ0v) is 23.5. The number of anilines is 1. The molecule has 0 radical (unpaired) electrons. The first-order valence-electron chi connectivity index (χ1n) is 13.9. The lowest BCUT2D eigenvalue weighted by molar-refractivity contribution is -0.142. The number of ether oxygens (including phenoxy) is 1. The van der Waals surface area contributed by atoms with Gasteiger partial charge < -0.3 is 25.0 Å². The Labute approximate surface area is 234 Å². The molecule has 0 spiro atoms. The molecule has 0 aromatic heterocycles. The second-order valence-corrected chi connectivity index (χ2v) is 12.0. The topological polar surface area (TPSA) is 128 Å². The van der Waals surface area contributed by atoms with Crippen LogP contribution in [0.15, 0.2) is 24.3 Å². The summed E-state index contributed by atoms with van der Waals surface area (Å²) < 4.78 is 8.61. The zero-order valence-electron chi connectivity index (χ0n) is 22.7. The number of benzene rings is 1. The molecule has 1 aromatic carbocycles. The van der Waals surface area contributed by atoms with E-state index in [1.165, 1.54) is 11.9 Å². The number of carbonyl (C=O) groups is 4. The number of carboxylic acid groups (broad SMARTS) is 1. The molecule has 1 aliphatic carbocycles. The van der Waals surface area contributed by atoms with E-state index >= 15 is 0 Å². The highest BCUT2D eigenvalue weighted by Gasteiger charge is 2.38. The fraction of sp³-hybridized carbons (Fsp3) is 0.643. The highest BCUT2D eigenvalue weighted by Crippen LogP contribution is 2.32. The SMILES string of the molecule is COC(C(C)C(=O)NC(Cc1ccc(N2CCC(C(=O)O)CC2)cc1)C(=O)NSC1CC1)C1CCCN1C=O. The van der Waals surface area contributed by atoms with Gasteiger partial charge in [-0.3, -0.25) is 23.9 Å². The lowest BCUT2D eigenvalue weighted by atomic mass is 9.94. The molecular weight excluding hydrogens is 520 g/mol. The number of amides is 3. The van der Waals surface area contributed by atoms with E-state index in [4.69, 9.17) is 4.74 Å². The van der Waals surface area contributed by atoms with Crippen LogP contribution in [-0.2, 0) is 30.3 Å². The van der Waals surface area contributed by atoms with Gasteiger partial charge in [-0.1, -0.05) is 19.1 Å². The van der Waals surface area contributed by atoms with E-state index in [1.54, 1.807) is 18.9 Å². The Kier molecular flexibility index (Phi) is 10.1. The Morgan fingerprint density at radius 3 is 2.36 bits per heavy atom. The van der Waals surface area contributed by atoms with Gasteiger partial charge in [0.2, 0.25) is 12.3 Å². The normalized spacial score (nSPS) is 22.2. The minimum absolute atomic E-state index is 0.168. The minimum atomic E-state index is -0.758. The van der Waals surface area contributed by atoms with E-state index in [0.29, 0.717) is 44.1 Å². The summed E-state index contributed by atoms with van der Waals surface area (Å²) >= 11 is 1.41. The molecule has 0 bridgehead atoms. The number of nitrogens with zero attached hydrogens (tertiary/aromatic N) is 2. The van der Waals surface area contributed by atoms with Crippen molar-refractivity contribution in [3.63, 3.8) is 0 Å². The Bertz CT molecular complexity index is 1010. The summed E-state index contributed by atoms with van der Waals surface area (Å²) in [6.45, 7) is 3.81. The van der Waals surface area contributed by atoms with Crippen LogP contribution < -0.4 is 14.9 Å². The molecule has 4 unspecified atom stereocenters. The number of methoxy groups -OCH3 is 1. The van der Waals surface area contributed by atoms with Gasteiger partial charge in [-0.05, 0) is 68.2 Å². The monoisotopic (exact) mass is 560 g/mol. The van der Waals surface area contributed by atoms with E-state index in [2.05, 4.69) is 14.9 Å². The Balaban J connectivity index is 1.40. The van der Waals surface area contributed by atoms with E-state index < -0.39 is 24.0 Å². The van der Waals surface area contributed by atoms with Gasteiger partial charge in [0.25, 0.3) is 5.91 Å². The third-order valence-electron chi connectivity index (χ3n) is 8.10. The molecule has 3 amide bonds. The Morgan fingerprint density at radius 2 is 1.77 bits per heavy atom. The summed E-state index contributed by atoms with van der Waals surface area (Å²) in [5.41, 5.74) is 1.93. The number of piperidine rings is 1. The third-order valence-corrected chi connectivity index (χ3v) is 9.23. The highest BCUT2D eigenvalue weighted by atomic mass is 32.2. The molecule has 3 N–H and O–H groups in total. The molecule has 2 saturated heterocycles. The van der Waals surface area contributed by atoms with Crippen LogP contribution in [0, 0.1) is 11.8 Å². The largest absolute Gasteiger partial charge is 0.481 e. The van der Waals surface area contributed by atoms with Crippen molar-refractivity contribution in [1.29, 1.82) is 0 Å². The van der Waals surface area contributed by atoms with Gasteiger partial charge in [-0.2, -0.15) is 0 Å². The van der Waals surface area contributed by atoms with Crippen molar-refractivity contribution in [3.8, 4) is 0 Å². The Morgan fingerprint density at radius 1 is 1.08 bits per heavy atom. The summed E-state index contributed by atoms with van der Waals surface area (Å²) in [4.78, 5) is 53.1. The first-order chi connectivity index (χ1) is 18.8. The van der Waals surface area contributed by atoms with Crippen molar-refractivity contribution in [2.75, 3.05) is 31.6 Å². The predicted molar refractivity (Wildman–Crippen MR) is 149 cm³/mol. The number of likely N-dealkylation sites (tertiary alicyclic amines) is 1. The highest BCUT2D eigenvalue weighted by molar-refractivity contribution is 7.98. The van der Waals surface area contributed by atoms with Crippen LogP contribution in [0.25, 0.3) is 0 Å². The van der Waals surface area contributed by atoms with Crippen LogP contribution in [0.2, 0.25) is 0 Å². The lowest BCUT2D eigenvalue weighted by Crippen LogP contribution is -2.52. The first kappa shape index (κ1) is 29.2. The fourth-order valence-corrected chi connectivity index (χ4v) is 6.31. The average Bonchev–Trinajstić information content (AvgIpc) is 3.67. The average molecular weight is 561 g/mol. The van der Waals surface area contributed by atoms with Crippen LogP contribution in [0.3, 0.4) is 0 Å². The standard InChI is InChI=1S/C28H40N4O6S/c1-18(25(38-2)24-4-3-13-32(24)17-33)26(34)29-23(27(35)30-39-22-9-10-22)16-19-5-7-21(8-6-19)31-14-11-20(12-15-31)28(36)37/h5-8,17-18,20,22-25H,3-4,9-16H2,1-2H3,(H,29,34)(H,30,35)(H,36,37). The van der Waals surface area contributed by atoms with E-state index in [-0.39, 0.29) is 23.8 Å². The molecule has 1 saturated carbocycles.